The third kappa shape index (κ3) is 7.68. The summed E-state index contributed by atoms with van der Waals surface area (Å²) in [5.41, 5.74) is 5.04. The lowest BCUT2D eigenvalue weighted by molar-refractivity contribution is -0.00397. The molecule has 3 rings (SSSR count). The van der Waals surface area contributed by atoms with Crippen LogP contribution < -0.4 is 5.32 Å². The minimum absolute atomic E-state index is 0.170. The molecular formula is C30H37NO4S. The predicted octanol–water partition coefficient (Wildman–Crippen LogP) is 6.13. The Labute approximate surface area is 218 Å². The second kappa shape index (κ2) is 12.5. The number of carboxylic acid groups (broad SMARTS) is 1. The lowest BCUT2D eigenvalue weighted by Gasteiger charge is -2.28. The standard InChI is InChI=1S/C30H37NO4S/c1-20-15-23(13-14-26(20)29(33)34)28-12-7-6-11-27(28)21(2)35-19-24(32)18-31-30(3,4)17-22-9-8-10-25(16-22)36-5/h6-16,21,24,31-32H,17-19H2,1-5H3,(H,33,34)/t21-,24+/m1/s1. The predicted molar refractivity (Wildman–Crippen MR) is 148 cm³/mol. The summed E-state index contributed by atoms with van der Waals surface area (Å²) in [6.45, 7) is 8.70. The van der Waals surface area contributed by atoms with Gasteiger partial charge in [0.05, 0.1) is 24.4 Å². The van der Waals surface area contributed by atoms with Crippen LogP contribution in [0.1, 0.15) is 53.9 Å². The Morgan fingerprint density at radius 3 is 2.53 bits per heavy atom. The molecule has 0 aliphatic carbocycles. The molecule has 3 N–H and O–H groups in total. The van der Waals surface area contributed by atoms with Crippen molar-refractivity contribution >= 4 is 17.7 Å². The quantitative estimate of drug-likeness (QED) is 0.256. The number of ether oxygens (including phenoxy) is 1. The molecule has 192 valence electrons. The monoisotopic (exact) mass is 507 g/mol. The van der Waals surface area contributed by atoms with E-state index >= 15 is 0 Å². The molecule has 36 heavy (non-hydrogen) atoms. The third-order valence-corrected chi connectivity index (χ3v) is 7.03. The summed E-state index contributed by atoms with van der Waals surface area (Å²) in [6, 6.07) is 21.9. The number of thioether (sulfide) groups is 1. The van der Waals surface area contributed by atoms with Gasteiger partial charge in [-0.05, 0) is 86.4 Å². The summed E-state index contributed by atoms with van der Waals surface area (Å²) in [6.07, 6.45) is 2.05. The van der Waals surface area contributed by atoms with E-state index in [1.165, 1.54) is 10.5 Å². The number of aromatic carboxylic acids is 1. The highest BCUT2D eigenvalue weighted by atomic mass is 32.2. The van der Waals surface area contributed by atoms with Gasteiger partial charge in [0, 0.05) is 17.0 Å². The van der Waals surface area contributed by atoms with Crippen molar-refractivity contribution in [2.75, 3.05) is 19.4 Å². The molecule has 0 unspecified atom stereocenters. The maximum absolute atomic E-state index is 11.4. The van der Waals surface area contributed by atoms with E-state index in [1.807, 2.05) is 43.3 Å². The van der Waals surface area contributed by atoms with Crippen molar-refractivity contribution < 1.29 is 19.7 Å². The Hall–Kier alpha value is -2.64. The van der Waals surface area contributed by atoms with E-state index in [1.54, 1.807) is 24.8 Å². The Kier molecular flexibility index (Phi) is 9.74. The third-order valence-electron chi connectivity index (χ3n) is 6.30. The zero-order valence-corrected chi connectivity index (χ0v) is 22.6. The second-order valence-electron chi connectivity index (χ2n) is 9.84. The number of rotatable bonds is 12. The van der Waals surface area contributed by atoms with Crippen LogP contribution in [0, 0.1) is 6.92 Å². The summed E-state index contributed by atoms with van der Waals surface area (Å²) in [5, 5.41) is 23.4. The van der Waals surface area contributed by atoms with Gasteiger partial charge < -0.3 is 20.3 Å². The molecule has 5 nitrogen and oxygen atoms in total. The van der Waals surface area contributed by atoms with Crippen LogP contribution >= 0.6 is 11.8 Å². The van der Waals surface area contributed by atoms with E-state index in [-0.39, 0.29) is 18.2 Å². The van der Waals surface area contributed by atoms with Gasteiger partial charge in [-0.1, -0.05) is 48.5 Å². The lowest BCUT2D eigenvalue weighted by Crippen LogP contribution is -2.46. The fraction of sp³-hybridized carbons (Fsp3) is 0.367. The van der Waals surface area contributed by atoms with Gasteiger partial charge in [-0.3, -0.25) is 0 Å². The first kappa shape index (κ1) is 27.9. The molecule has 0 radical (unpaired) electrons. The summed E-state index contributed by atoms with van der Waals surface area (Å²) >= 11 is 1.74. The van der Waals surface area contributed by atoms with Gasteiger partial charge >= 0.3 is 5.97 Å². The van der Waals surface area contributed by atoms with Crippen molar-refractivity contribution in [3.8, 4) is 11.1 Å². The molecule has 0 amide bonds. The van der Waals surface area contributed by atoms with Crippen LogP contribution in [0.4, 0.5) is 0 Å². The van der Waals surface area contributed by atoms with Crippen LogP contribution in [-0.2, 0) is 11.2 Å². The molecule has 6 heteroatoms. The summed E-state index contributed by atoms with van der Waals surface area (Å²) in [4.78, 5) is 12.6. The number of carboxylic acids is 1. The fourth-order valence-corrected chi connectivity index (χ4v) is 4.82. The molecule has 0 bridgehead atoms. The smallest absolute Gasteiger partial charge is 0.335 e. The van der Waals surface area contributed by atoms with Gasteiger partial charge in [0.1, 0.15) is 0 Å². The Balaban J connectivity index is 1.58. The van der Waals surface area contributed by atoms with Crippen molar-refractivity contribution in [1.82, 2.24) is 5.32 Å². The molecule has 0 saturated carbocycles. The van der Waals surface area contributed by atoms with Gasteiger partial charge in [-0.15, -0.1) is 11.8 Å². The number of hydrogen-bond donors (Lipinski definition) is 3. The van der Waals surface area contributed by atoms with Crippen LogP contribution in [0.25, 0.3) is 11.1 Å². The first-order valence-electron chi connectivity index (χ1n) is 12.2. The number of aliphatic hydroxyl groups excluding tert-OH is 1. The summed E-state index contributed by atoms with van der Waals surface area (Å²) in [5.74, 6) is -0.928. The van der Waals surface area contributed by atoms with Crippen molar-refractivity contribution in [2.45, 2.75) is 56.8 Å². The number of benzene rings is 3. The topological polar surface area (TPSA) is 78.8 Å². The Bertz CT molecular complexity index is 1180. The average molecular weight is 508 g/mol. The Morgan fingerprint density at radius 2 is 1.83 bits per heavy atom. The maximum atomic E-state index is 11.4. The molecule has 0 aliphatic rings. The molecular weight excluding hydrogens is 470 g/mol. The zero-order chi connectivity index (χ0) is 26.3. The van der Waals surface area contributed by atoms with Gasteiger partial charge in [0.25, 0.3) is 0 Å². The number of aryl methyl sites for hydroxylation is 1. The normalized spacial score (nSPS) is 13.4. The van der Waals surface area contributed by atoms with Crippen LogP contribution in [-0.4, -0.2) is 47.2 Å². The molecule has 0 aromatic heterocycles. The maximum Gasteiger partial charge on any atom is 0.335 e. The van der Waals surface area contributed by atoms with Crippen LogP contribution in [0.2, 0.25) is 0 Å². The minimum atomic E-state index is -0.928. The molecule has 3 aromatic carbocycles. The summed E-state index contributed by atoms with van der Waals surface area (Å²) < 4.78 is 6.07. The van der Waals surface area contributed by atoms with E-state index in [2.05, 4.69) is 49.7 Å². The number of nitrogens with one attached hydrogen (secondary N) is 1. The molecule has 0 saturated heterocycles. The van der Waals surface area contributed by atoms with Crippen LogP contribution in [0.15, 0.2) is 71.6 Å². The number of carbonyl (C=O) groups is 1. The molecule has 0 aliphatic heterocycles. The molecule has 0 spiro atoms. The van der Waals surface area contributed by atoms with E-state index < -0.39 is 12.1 Å². The lowest BCUT2D eigenvalue weighted by atomic mass is 9.94. The average Bonchev–Trinajstić information content (AvgIpc) is 2.85. The number of β-amino-alcohol motifs (C(OH)–C–C–N with tert-alkyl or cyclic N) is 1. The van der Waals surface area contributed by atoms with Gasteiger partial charge in [-0.2, -0.15) is 0 Å². The first-order chi connectivity index (χ1) is 17.1. The summed E-state index contributed by atoms with van der Waals surface area (Å²) in [7, 11) is 0. The highest BCUT2D eigenvalue weighted by Crippen LogP contribution is 2.31. The van der Waals surface area contributed by atoms with Crippen molar-refractivity contribution in [3.05, 3.63) is 89.0 Å². The van der Waals surface area contributed by atoms with Gasteiger partial charge in [0.2, 0.25) is 0 Å². The van der Waals surface area contributed by atoms with E-state index in [4.69, 9.17) is 4.74 Å². The van der Waals surface area contributed by atoms with E-state index in [0.29, 0.717) is 17.7 Å². The fourth-order valence-electron chi connectivity index (χ4n) is 4.34. The molecule has 3 aromatic rings. The van der Waals surface area contributed by atoms with Crippen molar-refractivity contribution in [3.63, 3.8) is 0 Å². The van der Waals surface area contributed by atoms with E-state index in [9.17, 15) is 15.0 Å². The second-order valence-corrected chi connectivity index (χ2v) is 10.7. The van der Waals surface area contributed by atoms with Crippen molar-refractivity contribution in [1.29, 1.82) is 0 Å². The molecule has 0 heterocycles. The largest absolute Gasteiger partial charge is 0.478 e. The van der Waals surface area contributed by atoms with E-state index in [0.717, 1.165) is 23.1 Å². The number of aliphatic hydroxyl groups is 1. The Morgan fingerprint density at radius 1 is 1.08 bits per heavy atom. The SMILES string of the molecule is CSc1cccc(CC(C)(C)NC[C@H](O)CO[C@H](C)c2ccccc2-c2ccc(C(=O)O)c(C)c2)c1. The molecule has 2 atom stereocenters. The van der Waals surface area contributed by atoms with Crippen LogP contribution in [0.5, 0.6) is 0 Å². The molecule has 0 fully saturated rings. The highest BCUT2D eigenvalue weighted by Gasteiger charge is 2.21. The number of hydrogen-bond acceptors (Lipinski definition) is 5. The minimum Gasteiger partial charge on any atom is -0.478 e. The highest BCUT2D eigenvalue weighted by molar-refractivity contribution is 7.98. The van der Waals surface area contributed by atoms with Crippen molar-refractivity contribution in [2.24, 2.45) is 0 Å². The zero-order valence-electron chi connectivity index (χ0n) is 21.7. The van der Waals surface area contributed by atoms with Gasteiger partial charge in [-0.25, -0.2) is 4.79 Å². The van der Waals surface area contributed by atoms with Crippen LogP contribution in [0.3, 0.4) is 0 Å². The van der Waals surface area contributed by atoms with Gasteiger partial charge in [0.15, 0.2) is 0 Å². The first-order valence-corrected chi connectivity index (χ1v) is 13.4.